The second kappa shape index (κ2) is 8.33. The SMILES string of the molecule is Cc1cc(CCCC(=O)NCC(C)CCO)c(C)s1. The van der Waals surface area contributed by atoms with Crippen molar-refractivity contribution < 1.29 is 9.90 Å². The highest BCUT2D eigenvalue weighted by molar-refractivity contribution is 7.12. The first-order chi connectivity index (χ1) is 9.02. The molecule has 1 rings (SSSR count). The van der Waals surface area contributed by atoms with Crippen molar-refractivity contribution in [3.63, 3.8) is 0 Å². The molecule has 1 unspecified atom stereocenters. The van der Waals surface area contributed by atoms with Crippen molar-refractivity contribution in [3.8, 4) is 0 Å². The van der Waals surface area contributed by atoms with Crippen molar-refractivity contribution in [2.24, 2.45) is 5.92 Å². The minimum atomic E-state index is 0.120. The molecule has 1 aromatic rings. The molecular formula is C15H25NO2S. The van der Waals surface area contributed by atoms with E-state index >= 15 is 0 Å². The van der Waals surface area contributed by atoms with E-state index in [2.05, 4.69) is 25.2 Å². The second-order valence-electron chi connectivity index (χ2n) is 5.21. The summed E-state index contributed by atoms with van der Waals surface area (Å²) in [6.45, 7) is 7.15. The molecule has 0 fully saturated rings. The second-order valence-corrected chi connectivity index (χ2v) is 6.67. The number of aryl methyl sites for hydroxylation is 3. The minimum Gasteiger partial charge on any atom is -0.396 e. The van der Waals surface area contributed by atoms with Crippen LogP contribution in [0.5, 0.6) is 0 Å². The summed E-state index contributed by atoms with van der Waals surface area (Å²) in [7, 11) is 0. The summed E-state index contributed by atoms with van der Waals surface area (Å²) >= 11 is 1.82. The number of nitrogens with one attached hydrogen (secondary N) is 1. The van der Waals surface area contributed by atoms with Crippen LogP contribution in [0.15, 0.2) is 6.07 Å². The zero-order valence-electron chi connectivity index (χ0n) is 12.2. The van der Waals surface area contributed by atoms with E-state index in [1.54, 1.807) is 0 Å². The topological polar surface area (TPSA) is 49.3 Å². The van der Waals surface area contributed by atoms with Gasteiger partial charge in [-0.15, -0.1) is 11.3 Å². The van der Waals surface area contributed by atoms with Gasteiger partial charge in [-0.2, -0.15) is 0 Å². The summed E-state index contributed by atoms with van der Waals surface area (Å²) in [6, 6.07) is 2.22. The fraction of sp³-hybridized carbons (Fsp3) is 0.667. The Balaban J connectivity index is 2.18. The number of hydrogen-bond donors (Lipinski definition) is 2. The van der Waals surface area contributed by atoms with E-state index in [0.717, 1.165) is 19.3 Å². The van der Waals surface area contributed by atoms with Crippen LogP contribution < -0.4 is 5.32 Å². The lowest BCUT2D eigenvalue weighted by molar-refractivity contribution is -0.121. The van der Waals surface area contributed by atoms with Crippen LogP contribution in [0, 0.1) is 19.8 Å². The third-order valence-corrected chi connectivity index (χ3v) is 4.27. The summed E-state index contributed by atoms with van der Waals surface area (Å²) in [6.07, 6.45) is 3.21. The number of amides is 1. The average Bonchev–Trinajstić information content (AvgIpc) is 2.66. The molecular weight excluding hydrogens is 258 g/mol. The van der Waals surface area contributed by atoms with Crippen LogP contribution in [-0.2, 0) is 11.2 Å². The Hall–Kier alpha value is -0.870. The normalized spacial score (nSPS) is 12.4. The first-order valence-electron chi connectivity index (χ1n) is 6.96. The molecule has 0 aromatic carbocycles. The molecule has 0 radical (unpaired) electrons. The zero-order valence-corrected chi connectivity index (χ0v) is 13.0. The molecule has 0 spiro atoms. The van der Waals surface area contributed by atoms with E-state index in [1.165, 1.54) is 15.3 Å². The van der Waals surface area contributed by atoms with Gasteiger partial charge in [0.15, 0.2) is 0 Å². The predicted molar refractivity (Wildman–Crippen MR) is 80.6 cm³/mol. The Morgan fingerprint density at radius 3 is 2.79 bits per heavy atom. The molecule has 1 amide bonds. The summed E-state index contributed by atoms with van der Waals surface area (Å²) < 4.78 is 0. The van der Waals surface area contributed by atoms with Crippen LogP contribution in [0.2, 0.25) is 0 Å². The number of hydrogen-bond acceptors (Lipinski definition) is 3. The Kier molecular flexibility index (Phi) is 7.10. The lowest BCUT2D eigenvalue weighted by atomic mass is 10.1. The molecule has 0 saturated heterocycles. The van der Waals surface area contributed by atoms with Gasteiger partial charge in [-0.1, -0.05) is 6.92 Å². The Bertz CT molecular complexity index is 401. The molecule has 3 nitrogen and oxygen atoms in total. The smallest absolute Gasteiger partial charge is 0.220 e. The highest BCUT2D eigenvalue weighted by Gasteiger charge is 2.07. The Morgan fingerprint density at radius 1 is 1.47 bits per heavy atom. The van der Waals surface area contributed by atoms with E-state index in [9.17, 15) is 4.79 Å². The monoisotopic (exact) mass is 283 g/mol. The molecule has 1 aromatic heterocycles. The fourth-order valence-electron chi connectivity index (χ4n) is 2.07. The number of carbonyl (C=O) groups excluding carboxylic acids is 1. The van der Waals surface area contributed by atoms with E-state index in [4.69, 9.17) is 5.11 Å². The number of aliphatic hydroxyl groups excluding tert-OH is 1. The lowest BCUT2D eigenvalue weighted by Crippen LogP contribution is -2.28. The van der Waals surface area contributed by atoms with Crippen LogP contribution in [-0.4, -0.2) is 24.2 Å². The van der Waals surface area contributed by atoms with Gasteiger partial charge in [0.2, 0.25) is 5.91 Å². The van der Waals surface area contributed by atoms with E-state index in [1.807, 2.05) is 18.3 Å². The molecule has 1 heterocycles. The number of aliphatic hydroxyl groups is 1. The molecule has 0 bridgehead atoms. The maximum Gasteiger partial charge on any atom is 0.220 e. The molecule has 0 aliphatic rings. The molecule has 2 N–H and O–H groups in total. The van der Waals surface area contributed by atoms with Gasteiger partial charge in [0, 0.05) is 29.3 Å². The van der Waals surface area contributed by atoms with Gasteiger partial charge in [-0.25, -0.2) is 0 Å². The van der Waals surface area contributed by atoms with Crippen LogP contribution >= 0.6 is 11.3 Å². The van der Waals surface area contributed by atoms with Crippen molar-refractivity contribution in [2.75, 3.05) is 13.2 Å². The van der Waals surface area contributed by atoms with Crippen molar-refractivity contribution in [3.05, 3.63) is 21.4 Å². The summed E-state index contributed by atoms with van der Waals surface area (Å²) in [5, 5.41) is 11.7. The van der Waals surface area contributed by atoms with Crippen molar-refractivity contribution >= 4 is 17.2 Å². The zero-order chi connectivity index (χ0) is 14.3. The van der Waals surface area contributed by atoms with Gasteiger partial charge in [0.05, 0.1) is 0 Å². The molecule has 108 valence electrons. The van der Waals surface area contributed by atoms with Gasteiger partial charge >= 0.3 is 0 Å². The largest absolute Gasteiger partial charge is 0.396 e. The van der Waals surface area contributed by atoms with Crippen LogP contribution in [0.4, 0.5) is 0 Å². The average molecular weight is 283 g/mol. The summed E-state index contributed by atoms with van der Waals surface area (Å²) in [5.74, 6) is 0.463. The molecule has 0 aliphatic heterocycles. The third-order valence-electron chi connectivity index (χ3n) is 3.26. The van der Waals surface area contributed by atoms with Gasteiger partial charge in [-0.3, -0.25) is 4.79 Å². The predicted octanol–water partition coefficient (Wildman–Crippen LogP) is 2.82. The summed E-state index contributed by atoms with van der Waals surface area (Å²) in [5.41, 5.74) is 1.38. The standard InChI is InChI=1S/C15H25NO2S/c1-11(7-8-17)10-16-15(18)6-4-5-14-9-12(2)19-13(14)3/h9,11,17H,4-8,10H2,1-3H3,(H,16,18). The van der Waals surface area contributed by atoms with E-state index in [-0.39, 0.29) is 12.5 Å². The first-order valence-corrected chi connectivity index (χ1v) is 7.78. The maximum atomic E-state index is 11.7. The molecule has 19 heavy (non-hydrogen) atoms. The number of carbonyl (C=O) groups is 1. The van der Waals surface area contributed by atoms with Gasteiger partial charge < -0.3 is 10.4 Å². The van der Waals surface area contributed by atoms with Gasteiger partial charge in [0.1, 0.15) is 0 Å². The Labute approximate surface area is 120 Å². The fourth-order valence-corrected chi connectivity index (χ4v) is 3.05. The van der Waals surface area contributed by atoms with Crippen LogP contribution in [0.25, 0.3) is 0 Å². The van der Waals surface area contributed by atoms with Crippen LogP contribution in [0.1, 0.15) is 41.5 Å². The van der Waals surface area contributed by atoms with Crippen molar-refractivity contribution in [2.45, 2.75) is 46.5 Å². The van der Waals surface area contributed by atoms with Gasteiger partial charge in [-0.05, 0) is 50.7 Å². The number of rotatable bonds is 8. The van der Waals surface area contributed by atoms with E-state index < -0.39 is 0 Å². The molecule has 0 aliphatic carbocycles. The summed E-state index contributed by atoms with van der Waals surface area (Å²) in [4.78, 5) is 14.4. The minimum absolute atomic E-state index is 0.120. The quantitative estimate of drug-likeness (QED) is 0.771. The van der Waals surface area contributed by atoms with E-state index in [0.29, 0.717) is 18.9 Å². The molecule has 0 saturated carbocycles. The highest BCUT2D eigenvalue weighted by Crippen LogP contribution is 2.22. The van der Waals surface area contributed by atoms with Crippen molar-refractivity contribution in [1.82, 2.24) is 5.32 Å². The molecule has 4 heteroatoms. The van der Waals surface area contributed by atoms with Crippen LogP contribution in [0.3, 0.4) is 0 Å². The highest BCUT2D eigenvalue weighted by atomic mass is 32.1. The lowest BCUT2D eigenvalue weighted by Gasteiger charge is -2.11. The molecule has 1 atom stereocenters. The van der Waals surface area contributed by atoms with Crippen molar-refractivity contribution in [1.29, 1.82) is 0 Å². The first kappa shape index (κ1) is 16.2. The maximum absolute atomic E-state index is 11.7. The third kappa shape index (κ3) is 6.21. The number of thiophene rings is 1. The van der Waals surface area contributed by atoms with Gasteiger partial charge in [0.25, 0.3) is 0 Å². The Morgan fingerprint density at radius 2 is 2.21 bits per heavy atom.